The molecule has 0 aromatic heterocycles. The summed E-state index contributed by atoms with van der Waals surface area (Å²) < 4.78 is 45.3. The van der Waals surface area contributed by atoms with Gasteiger partial charge in [-0.15, -0.1) is 0 Å². The van der Waals surface area contributed by atoms with Crippen molar-refractivity contribution in [2.45, 2.75) is 45.2 Å². The van der Waals surface area contributed by atoms with Crippen LogP contribution in [-0.4, -0.2) is 65.6 Å². The van der Waals surface area contributed by atoms with Gasteiger partial charge >= 0.3 is 0 Å². The Balaban J connectivity index is 2.10. The molecule has 0 aliphatic heterocycles. The molecule has 1 unspecified atom stereocenters. The summed E-state index contributed by atoms with van der Waals surface area (Å²) in [6, 6.07) is 15.8. The van der Waals surface area contributed by atoms with E-state index in [0.29, 0.717) is 23.7 Å². The van der Waals surface area contributed by atoms with Crippen molar-refractivity contribution in [1.29, 1.82) is 0 Å². The van der Waals surface area contributed by atoms with Crippen LogP contribution in [0.25, 0.3) is 0 Å². The zero-order chi connectivity index (χ0) is 31.0. The summed E-state index contributed by atoms with van der Waals surface area (Å²) >= 11 is 0. The number of anilines is 1. The smallest absolute Gasteiger partial charge is 0.264 e. The molecule has 3 aromatic carbocycles. The molecular formula is C31H39N3O7S. The van der Waals surface area contributed by atoms with Gasteiger partial charge in [-0.25, -0.2) is 8.42 Å². The fourth-order valence-electron chi connectivity index (χ4n) is 4.56. The van der Waals surface area contributed by atoms with Crippen molar-refractivity contribution < 1.29 is 32.2 Å². The summed E-state index contributed by atoms with van der Waals surface area (Å²) in [5.74, 6) is 0.353. The van der Waals surface area contributed by atoms with E-state index in [0.717, 1.165) is 21.0 Å². The van der Waals surface area contributed by atoms with Crippen molar-refractivity contribution in [1.82, 2.24) is 10.2 Å². The zero-order valence-corrected chi connectivity index (χ0v) is 25.9. The summed E-state index contributed by atoms with van der Waals surface area (Å²) in [5, 5.41) is 2.75. The molecule has 2 amide bonds. The third-order valence-corrected chi connectivity index (χ3v) is 8.52. The van der Waals surface area contributed by atoms with Crippen molar-refractivity contribution in [2.75, 3.05) is 38.7 Å². The summed E-state index contributed by atoms with van der Waals surface area (Å²) in [6.07, 6.45) is 0. The highest BCUT2D eigenvalue weighted by atomic mass is 32.2. The molecule has 0 saturated heterocycles. The molecule has 3 rings (SSSR count). The van der Waals surface area contributed by atoms with Gasteiger partial charge in [0.05, 0.1) is 31.9 Å². The number of nitrogens with zero attached hydrogens (tertiary/aromatic N) is 2. The average molecular weight is 598 g/mol. The van der Waals surface area contributed by atoms with E-state index >= 15 is 0 Å². The first-order chi connectivity index (χ1) is 19.9. The van der Waals surface area contributed by atoms with Gasteiger partial charge in [-0.3, -0.25) is 13.9 Å². The second-order valence-electron chi connectivity index (χ2n) is 9.81. The lowest BCUT2D eigenvalue weighted by molar-refractivity contribution is -0.139. The van der Waals surface area contributed by atoms with Crippen LogP contribution >= 0.6 is 0 Å². The predicted molar refractivity (Wildman–Crippen MR) is 162 cm³/mol. The van der Waals surface area contributed by atoms with E-state index in [1.165, 1.54) is 37.3 Å². The lowest BCUT2D eigenvalue weighted by Gasteiger charge is -2.32. The standard InChI is InChI=1S/C31H39N3O7S/c1-8-32-31(36)23(4)33(19-24-9-11-26(39-5)12-10-24)30(35)20-34(25-16-21(2)15-22(3)17-25)42(37,38)27-13-14-28(40-6)29(18-27)41-7/h9-18,23H,8,19-20H2,1-7H3,(H,32,36). The highest BCUT2D eigenvalue weighted by Crippen LogP contribution is 2.33. The van der Waals surface area contributed by atoms with Crippen LogP contribution in [0.5, 0.6) is 17.2 Å². The molecule has 0 fully saturated rings. The molecule has 0 saturated carbocycles. The number of rotatable bonds is 13. The van der Waals surface area contributed by atoms with E-state index in [1.54, 1.807) is 57.4 Å². The number of sulfonamides is 1. The van der Waals surface area contributed by atoms with Gasteiger partial charge in [0.25, 0.3) is 10.0 Å². The van der Waals surface area contributed by atoms with Gasteiger partial charge in [-0.05, 0) is 80.8 Å². The van der Waals surface area contributed by atoms with Crippen LogP contribution in [0.1, 0.15) is 30.5 Å². The van der Waals surface area contributed by atoms with Gasteiger partial charge in [0.2, 0.25) is 11.8 Å². The van der Waals surface area contributed by atoms with E-state index in [2.05, 4.69) is 5.32 Å². The van der Waals surface area contributed by atoms with Crippen LogP contribution in [0.4, 0.5) is 5.69 Å². The van der Waals surface area contributed by atoms with E-state index in [9.17, 15) is 18.0 Å². The number of nitrogens with one attached hydrogen (secondary N) is 1. The number of amides is 2. The first-order valence-electron chi connectivity index (χ1n) is 13.5. The highest BCUT2D eigenvalue weighted by molar-refractivity contribution is 7.92. The molecule has 10 nitrogen and oxygen atoms in total. The number of likely N-dealkylation sites (N-methyl/N-ethyl adjacent to an activating group) is 1. The topological polar surface area (TPSA) is 114 Å². The maximum atomic E-state index is 14.2. The Morgan fingerprint density at radius 2 is 1.48 bits per heavy atom. The summed E-state index contributed by atoms with van der Waals surface area (Å²) in [4.78, 5) is 28.2. The number of carbonyl (C=O) groups excluding carboxylic acids is 2. The predicted octanol–water partition coefficient (Wildman–Crippen LogP) is 4.08. The molecule has 226 valence electrons. The van der Waals surface area contributed by atoms with Gasteiger partial charge in [0.1, 0.15) is 18.3 Å². The van der Waals surface area contributed by atoms with Gasteiger partial charge in [0, 0.05) is 19.2 Å². The molecule has 0 aliphatic carbocycles. The van der Waals surface area contributed by atoms with E-state index in [1.807, 2.05) is 19.9 Å². The molecule has 1 N–H and O–H groups in total. The van der Waals surface area contributed by atoms with Gasteiger partial charge in [-0.1, -0.05) is 18.2 Å². The molecule has 0 radical (unpaired) electrons. The third kappa shape index (κ3) is 7.52. The number of methoxy groups -OCH3 is 3. The number of carbonyl (C=O) groups is 2. The van der Waals surface area contributed by atoms with Crippen molar-refractivity contribution in [2.24, 2.45) is 0 Å². The average Bonchev–Trinajstić information content (AvgIpc) is 2.97. The Morgan fingerprint density at radius 1 is 0.857 bits per heavy atom. The first kappa shape index (κ1) is 32.3. The summed E-state index contributed by atoms with van der Waals surface area (Å²) in [7, 11) is 0.153. The molecule has 0 aliphatic rings. The SMILES string of the molecule is CCNC(=O)C(C)N(Cc1ccc(OC)cc1)C(=O)CN(c1cc(C)cc(C)c1)S(=O)(=O)c1ccc(OC)c(OC)c1. The van der Waals surface area contributed by atoms with Crippen molar-refractivity contribution in [3.8, 4) is 17.2 Å². The van der Waals surface area contributed by atoms with Crippen LogP contribution in [0.2, 0.25) is 0 Å². The van der Waals surface area contributed by atoms with Crippen LogP contribution in [0.3, 0.4) is 0 Å². The Morgan fingerprint density at radius 3 is 2.02 bits per heavy atom. The van der Waals surface area contributed by atoms with Crippen LogP contribution in [0.15, 0.2) is 65.6 Å². The molecule has 3 aromatic rings. The summed E-state index contributed by atoms with van der Waals surface area (Å²) in [5.41, 5.74) is 2.73. The zero-order valence-electron chi connectivity index (χ0n) is 25.1. The molecule has 0 heterocycles. The summed E-state index contributed by atoms with van der Waals surface area (Å²) in [6.45, 7) is 7.04. The minimum atomic E-state index is -4.28. The third-order valence-electron chi connectivity index (χ3n) is 6.75. The molecular weight excluding hydrogens is 558 g/mol. The van der Waals surface area contributed by atoms with Crippen molar-refractivity contribution >= 4 is 27.5 Å². The van der Waals surface area contributed by atoms with Gasteiger partial charge in [-0.2, -0.15) is 0 Å². The highest BCUT2D eigenvalue weighted by Gasteiger charge is 2.33. The van der Waals surface area contributed by atoms with Crippen LogP contribution in [-0.2, 0) is 26.2 Å². The Bertz CT molecular complexity index is 1490. The Labute approximate surface area is 248 Å². The molecule has 42 heavy (non-hydrogen) atoms. The molecule has 1 atom stereocenters. The van der Waals surface area contributed by atoms with E-state index in [4.69, 9.17) is 14.2 Å². The number of ether oxygens (including phenoxy) is 3. The van der Waals surface area contributed by atoms with Crippen LogP contribution < -0.4 is 23.8 Å². The molecule has 0 bridgehead atoms. The normalized spacial score (nSPS) is 11.8. The second kappa shape index (κ2) is 14.1. The number of aryl methyl sites for hydroxylation is 2. The fourth-order valence-corrected chi connectivity index (χ4v) is 5.97. The second-order valence-corrected chi connectivity index (χ2v) is 11.7. The number of benzene rings is 3. The number of hydrogen-bond donors (Lipinski definition) is 1. The maximum absolute atomic E-state index is 14.2. The lowest BCUT2D eigenvalue weighted by atomic mass is 10.1. The Kier molecular flexibility index (Phi) is 10.8. The van der Waals surface area contributed by atoms with E-state index in [-0.39, 0.29) is 23.1 Å². The quantitative estimate of drug-likeness (QED) is 0.316. The van der Waals surface area contributed by atoms with E-state index < -0.39 is 28.5 Å². The largest absolute Gasteiger partial charge is 0.497 e. The van der Waals surface area contributed by atoms with Crippen molar-refractivity contribution in [3.63, 3.8) is 0 Å². The minimum Gasteiger partial charge on any atom is -0.497 e. The van der Waals surface area contributed by atoms with Crippen LogP contribution in [0, 0.1) is 13.8 Å². The Hall–Kier alpha value is -4.25. The van der Waals surface area contributed by atoms with Gasteiger partial charge < -0.3 is 24.4 Å². The van der Waals surface area contributed by atoms with Crippen molar-refractivity contribution in [3.05, 3.63) is 77.4 Å². The molecule has 0 spiro atoms. The minimum absolute atomic E-state index is 0.0782. The first-order valence-corrected chi connectivity index (χ1v) is 14.9. The number of hydrogen-bond acceptors (Lipinski definition) is 7. The molecule has 11 heteroatoms. The fraction of sp³-hybridized carbons (Fsp3) is 0.355. The monoisotopic (exact) mass is 597 g/mol. The maximum Gasteiger partial charge on any atom is 0.264 e. The van der Waals surface area contributed by atoms with Gasteiger partial charge in [0.15, 0.2) is 11.5 Å². The lowest BCUT2D eigenvalue weighted by Crippen LogP contribution is -2.51.